The van der Waals surface area contributed by atoms with Crippen LogP contribution in [0.2, 0.25) is 0 Å². The molecule has 0 saturated carbocycles. The minimum absolute atomic E-state index is 0.215. The highest BCUT2D eigenvalue weighted by Gasteiger charge is 2.10. The van der Waals surface area contributed by atoms with Crippen molar-refractivity contribution in [1.29, 1.82) is 0 Å². The first-order valence-corrected chi connectivity index (χ1v) is 9.45. The Morgan fingerprint density at radius 3 is 2.65 bits per heavy atom. The summed E-state index contributed by atoms with van der Waals surface area (Å²) in [5, 5.41) is 18.2. The van der Waals surface area contributed by atoms with Crippen molar-refractivity contribution in [3.8, 4) is 5.69 Å². The molecular formula is C21H16N8O2. The van der Waals surface area contributed by atoms with Gasteiger partial charge in [-0.05, 0) is 64.5 Å². The normalized spacial score (nSPS) is 11.0. The van der Waals surface area contributed by atoms with E-state index in [0.717, 1.165) is 11.3 Å². The van der Waals surface area contributed by atoms with Gasteiger partial charge in [0.1, 0.15) is 6.33 Å². The maximum Gasteiger partial charge on any atom is 0.350 e. The monoisotopic (exact) mass is 412 g/mol. The van der Waals surface area contributed by atoms with E-state index in [1.807, 2.05) is 24.3 Å². The fourth-order valence-electron chi connectivity index (χ4n) is 3.24. The van der Waals surface area contributed by atoms with Gasteiger partial charge in [-0.25, -0.2) is 14.2 Å². The van der Waals surface area contributed by atoms with Crippen LogP contribution < -0.4 is 11.0 Å². The minimum Gasteiger partial charge on any atom is -0.322 e. The summed E-state index contributed by atoms with van der Waals surface area (Å²) in [5.74, 6) is -0.245. The Kier molecular flexibility index (Phi) is 4.56. The van der Waals surface area contributed by atoms with E-state index >= 15 is 0 Å². The molecule has 5 aromatic rings. The zero-order valence-electron chi connectivity index (χ0n) is 16.2. The first kappa shape index (κ1) is 18.4. The second-order valence-electron chi connectivity index (χ2n) is 6.82. The van der Waals surface area contributed by atoms with Crippen LogP contribution >= 0.6 is 0 Å². The quantitative estimate of drug-likeness (QED) is 0.471. The van der Waals surface area contributed by atoms with Gasteiger partial charge in [-0.15, -0.1) is 10.2 Å². The lowest BCUT2D eigenvalue weighted by atomic mass is 10.1. The molecule has 0 radical (unpaired) electrons. The van der Waals surface area contributed by atoms with Crippen molar-refractivity contribution < 1.29 is 4.79 Å². The molecule has 0 aliphatic carbocycles. The Morgan fingerprint density at radius 1 is 1.00 bits per heavy atom. The Hall–Kier alpha value is -4.60. The van der Waals surface area contributed by atoms with Crippen molar-refractivity contribution >= 4 is 17.2 Å². The third-order valence-electron chi connectivity index (χ3n) is 4.75. The molecule has 10 heteroatoms. The average molecular weight is 412 g/mol. The number of nitrogens with zero attached hydrogens (tertiary/aromatic N) is 7. The summed E-state index contributed by atoms with van der Waals surface area (Å²) in [6.45, 7) is 0.296. The summed E-state index contributed by atoms with van der Waals surface area (Å²) in [6.07, 6.45) is 3.16. The molecule has 0 aliphatic rings. The van der Waals surface area contributed by atoms with Gasteiger partial charge in [-0.1, -0.05) is 18.2 Å². The van der Waals surface area contributed by atoms with E-state index in [1.165, 1.54) is 20.1 Å². The van der Waals surface area contributed by atoms with E-state index in [9.17, 15) is 9.59 Å². The number of fused-ring (bicyclic) bond motifs is 1. The summed E-state index contributed by atoms with van der Waals surface area (Å²) < 4.78 is 4.39. The van der Waals surface area contributed by atoms with E-state index in [2.05, 4.69) is 25.9 Å². The molecule has 3 aromatic heterocycles. The smallest absolute Gasteiger partial charge is 0.322 e. The number of tetrazole rings is 1. The lowest BCUT2D eigenvalue weighted by Crippen LogP contribution is -2.21. The molecule has 0 bridgehead atoms. The third kappa shape index (κ3) is 3.69. The number of benzene rings is 2. The summed E-state index contributed by atoms with van der Waals surface area (Å²) in [6, 6.07) is 19.6. The van der Waals surface area contributed by atoms with Crippen LogP contribution in [0, 0.1) is 0 Å². The molecule has 0 atom stereocenters. The number of pyridine rings is 1. The number of hydrogen-bond acceptors (Lipinski definition) is 6. The van der Waals surface area contributed by atoms with Crippen molar-refractivity contribution in [2.24, 2.45) is 0 Å². The molecule has 3 heterocycles. The fraction of sp³-hybridized carbons (Fsp3) is 0.0476. The highest BCUT2D eigenvalue weighted by Crippen LogP contribution is 2.14. The highest BCUT2D eigenvalue weighted by molar-refractivity contribution is 6.04. The summed E-state index contributed by atoms with van der Waals surface area (Å²) >= 11 is 0. The van der Waals surface area contributed by atoms with Gasteiger partial charge in [0.05, 0.1) is 12.2 Å². The number of aromatic nitrogens is 7. The molecule has 1 N–H and O–H groups in total. The minimum atomic E-state index is -0.245. The van der Waals surface area contributed by atoms with E-state index in [4.69, 9.17) is 0 Å². The number of nitrogens with one attached hydrogen (secondary N) is 1. The van der Waals surface area contributed by atoms with Crippen LogP contribution in [0.15, 0.2) is 84.0 Å². The molecule has 0 saturated heterocycles. The van der Waals surface area contributed by atoms with Gasteiger partial charge in [-0.2, -0.15) is 0 Å². The van der Waals surface area contributed by atoms with E-state index in [1.54, 1.807) is 48.7 Å². The standard InChI is InChI=1S/C21H16N8O2/c30-20(16-7-9-18(10-8-16)29-14-22-25-26-29)23-17-5-3-4-15(12-17)13-28-21(31)27-11-2-1-6-19(27)24-28/h1-12,14H,13H2,(H,23,30). The Bertz CT molecular complexity index is 1420. The van der Waals surface area contributed by atoms with Crippen molar-refractivity contribution in [2.75, 3.05) is 5.32 Å². The predicted octanol–water partition coefficient (Wildman–Crippen LogP) is 1.77. The van der Waals surface area contributed by atoms with Crippen LogP contribution in [0.1, 0.15) is 15.9 Å². The van der Waals surface area contributed by atoms with Crippen LogP contribution in [0.3, 0.4) is 0 Å². The SMILES string of the molecule is O=C(Nc1cccc(Cn2nc3ccccn3c2=O)c1)c1ccc(-n2cnnn2)cc1. The molecule has 0 spiro atoms. The molecule has 2 aromatic carbocycles. The molecule has 152 valence electrons. The second kappa shape index (κ2) is 7.67. The second-order valence-corrected chi connectivity index (χ2v) is 6.82. The predicted molar refractivity (Wildman–Crippen MR) is 112 cm³/mol. The molecule has 1 amide bonds. The Balaban J connectivity index is 1.32. The van der Waals surface area contributed by atoms with Crippen molar-refractivity contribution in [2.45, 2.75) is 6.54 Å². The van der Waals surface area contributed by atoms with E-state index in [0.29, 0.717) is 23.4 Å². The first-order valence-electron chi connectivity index (χ1n) is 9.45. The van der Waals surface area contributed by atoms with Crippen LogP contribution in [0.5, 0.6) is 0 Å². The van der Waals surface area contributed by atoms with Gasteiger partial charge in [0.25, 0.3) is 5.91 Å². The van der Waals surface area contributed by atoms with Gasteiger partial charge in [-0.3, -0.25) is 9.20 Å². The van der Waals surface area contributed by atoms with Gasteiger partial charge in [0.15, 0.2) is 5.65 Å². The van der Waals surface area contributed by atoms with E-state index < -0.39 is 0 Å². The van der Waals surface area contributed by atoms with Gasteiger partial charge in [0, 0.05) is 17.4 Å². The molecule has 10 nitrogen and oxygen atoms in total. The Labute approximate surface area is 175 Å². The van der Waals surface area contributed by atoms with Crippen molar-refractivity contribution in [1.82, 2.24) is 34.4 Å². The average Bonchev–Trinajstić information content (AvgIpc) is 3.43. The number of carbonyl (C=O) groups is 1. The molecule has 0 aliphatic heterocycles. The molecule has 0 fully saturated rings. The van der Waals surface area contributed by atoms with Crippen LogP contribution in [0.25, 0.3) is 11.3 Å². The van der Waals surface area contributed by atoms with Crippen LogP contribution in [0.4, 0.5) is 5.69 Å². The largest absolute Gasteiger partial charge is 0.350 e. The third-order valence-corrected chi connectivity index (χ3v) is 4.75. The highest BCUT2D eigenvalue weighted by atomic mass is 16.2. The lowest BCUT2D eigenvalue weighted by molar-refractivity contribution is 0.102. The topological polar surface area (TPSA) is 112 Å². The van der Waals surface area contributed by atoms with Crippen molar-refractivity contribution in [3.05, 3.63) is 101 Å². The van der Waals surface area contributed by atoms with Gasteiger partial charge in [0.2, 0.25) is 0 Å². The van der Waals surface area contributed by atoms with Gasteiger partial charge < -0.3 is 5.32 Å². The Morgan fingerprint density at radius 2 is 1.87 bits per heavy atom. The molecule has 5 rings (SSSR count). The number of anilines is 1. The summed E-state index contributed by atoms with van der Waals surface area (Å²) in [7, 11) is 0. The maximum atomic E-state index is 12.6. The summed E-state index contributed by atoms with van der Waals surface area (Å²) in [4.78, 5) is 25.1. The van der Waals surface area contributed by atoms with Crippen molar-refractivity contribution in [3.63, 3.8) is 0 Å². The van der Waals surface area contributed by atoms with Gasteiger partial charge >= 0.3 is 5.69 Å². The lowest BCUT2D eigenvalue weighted by Gasteiger charge is -2.08. The molecule has 31 heavy (non-hydrogen) atoms. The molecular weight excluding hydrogens is 396 g/mol. The molecule has 0 unspecified atom stereocenters. The number of carbonyl (C=O) groups excluding carboxylic acids is 1. The zero-order chi connectivity index (χ0) is 21.2. The first-order chi connectivity index (χ1) is 15.2. The van der Waals surface area contributed by atoms with E-state index in [-0.39, 0.29) is 11.6 Å². The number of rotatable bonds is 5. The maximum absolute atomic E-state index is 12.6. The van der Waals surface area contributed by atoms with Crippen LogP contribution in [-0.2, 0) is 6.54 Å². The summed E-state index contributed by atoms with van der Waals surface area (Å²) in [5.41, 5.74) is 3.09. The zero-order valence-corrected chi connectivity index (χ0v) is 16.2. The number of hydrogen-bond donors (Lipinski definition) is 1. The fourth-order valence-corrected chi connectivity index (χ4v) is 3.24. The number of amides is 1. The van der Waals surface area contributed by atoms with Crippen LogP contribution in [-0.4, -0.2) is 40.3 Å².